The van der Waals surface area contributed by atoms with Crippen molar-refractivity contribution in [2.45, 2.75) is 45.4 Å². The van der Waals surface area contributed by atoms with Crippen molar-refractivity contribution in [1.82, 2.24) is 10.3 Å². The Bertz CT molecular complexity index is 796. The van der Waals surface area contributed by atoms with Gasteiger partial charge in [0.2, 0.25) is 0 Å². The van der Waals surface area contributed by atoms with E-state index in [1.807, 2.05) is 42.5 Å². The molecule has 6 nitrogen and oxygen atoms in total. The predicted octanol–water partition coefficient (Wildman–Crippen LogP) is 3.39. The lowest BCUT2D eigenvalue weighted by molar-refractivity contribution is -0.147. The summed E-state index contributed by atoms with van der Waals surface area (Å²) in [6.45, 7) is 5.37. The van der Waals surface area contributed by atoms with E-state index in [1.54, 1.807) is 27.0 Å². The molecule has 0 saturated heterocycles. The van der Waals surface area contributed by atoms with Gasteiger partial charge < -0.3 is 19.8 Å². The van der Waals surface area contributed by atoms with Gasteiger partial charge in [-0.1, -0.05) is 36.3 Å². The van der Waals surface area contributed by atoms with Crippen molar-refractivity contribution in [3.05, 3.63) is 59.9 Å². The minimum Gasteiger partial charge on any atom is -0.459 e. The van der Waals surface area contributed by atoms with Crippen molar-refractivity contribution in [1.29, 1.82) is 0 Å². The number of hydrogen-bond donors (Lipinski definition) is 2. The number of esters is 1. The van der Waals surface area contributed by atoms with Gasteiger partial charge in [0, 0.05) is 12.6 Å². The number of nitrogens with one attached hydrogen (secondary N) is 2. The number of carbonyl (C=O) groups excluding carboxylic acids is 2. The van der Waals surface area contributed by atoms with E-state index in [-0.39, 0.29) is 13.0 Å². The van der Waals surface area contributed by atoms with Gasteiger partial charge in [0.25, 0.3) is 0 Å². The zero-order valence-corrected chi connectivity index (χ0v) is 15.7. The predicted molar refractivity (Wildman–Crippen MR) is 102 cm³/mol. The summed E-state index contributed by atoms with van der Waals surface area (Å²) in [6, 6.07) is 12.0. The largest absolute Gasteiger partial charge is 0.459 e. The van der Waals surface area contributed by atoms with Crippen molar-refractivity contribution >= 4 is 12.1 Å². The maximum atomic E-state index is 12.4. The van der Waals surface area contributed by atoms with E-state index < -0.39 is 23.7 Å². The number of rotatable bonds is 5. The number of aromatic amines is 1. The van der Waals surface area contributed by atoms with E-state index in [4.69, 9.17) is 9.47 Å². The first-order chi connectivity index (χ1) is 12.8. The van der Waals surface area contributed by atoms with Gasteiger partial charge in [-0.15, -0.1) is 0 Å². The smallest absolute Gasteiger partial charge is 0.408 e. The third-order valence-electron chi connectivity index (χ3n) is 3.33. The molecule has 1 aromatic heterocycles. The van der Waals surface area contributed by atoms with Crippen LogP contribution in [0.2, 0.25) is 0 Å². The Kier molecular flexibility index (Phi) is 7.07. The lowest BCUT2D eigenvalue weighted by Gasteiger charge is -2.22. The lowest BCUT2D eigenvalue weighted by atomic mass is 10.2. The molecule has 0 aliphatic rings. The summed E-state index contributed by atoms with van der Waals surface area (Å²) in [5.41, 5.74) is 0.918. The number of ether oxygens (including phenoxy) is 2. The molecule has 1 amide bonds. The number of amides is 1. The Morgan fingerprint density at radius 2 is 1.89 bits per heavy atom. The SMILES string of the molecule is CC(C)(C)OC(=O)NC(CC#Cc1ccc[nH]1)C(=O)OCc1ccccc1. The molecule has 27 heavy (non-hydrogen) atoms. The Balaban J connectivity index is 2.00. The molecule has 0 aliphatic heterocycles. The van der Waals surface area contributed by atoms with Crippen molar-refractivity contribution in [3.63, 3.8) is 0 Å². The summed E-state index contributed by atoms with van der Waals surface area (Å²) in [4.78, 5) is 27.4. The molecule has 2 aromatic rings. The second kappa shape index (κ2) is 9.48. The maximum absolute atomic E-state index is 12.4. The molecule has 1 aromatic carbocycles. The second-order valence-electron chi connectivity index (χ2n) is 6.88. The van der Waals surface area contributed by atoms with Gasteiger partial charge in [0.05, 0.1) is 5.69 Å². The first-order valence-electron chi connectivity index (χ1n) is 8.66. The summed E-state index contributed by atoms with van der Waals surface area (Å²) in [5, 5.41) is 2.54. The highest BCUT2D eigenvalue weighted by atomic mass is 16.6. The van der Waals surface area contributed by atoms with Crippen molar-refractivity contribution < 1.29 is 19.1 Å². The molecular weight excluding hydrogens is 344 g/mol. The third kappa shape index (κ3) is 7.70. The van der Waals surface area contributed by atoms with E-state index in [0.717, 1.165) is 11.3 Å². The van der Waals surface area contributed by atoms with E-state index in [1.165, 1.54) is 0 Å². The number of hydrogen-bond acceptors (Lipinski definition) is 4. The topological polar surface area (TPSA) is 80.4 Å². The Hall–Kier alpha value is -3.20. The zero-order chi connectivity index (χ0) is 19.7. The highest BCUT2D eigenvalue weighted by Gasteiger charge is 2.25. The quantitative estimate of drug-likeness (QED) is 0.626. The normalized spacial score (nSPS) is 11.7. The van der Waals surface area contributed by atoms with Gasteiger partial charge in [-0.05, 0) is 44.4 Å². The molecule has 2 rings (SSSR count). The molecule has 1 unspecified atom stereocenters. The van der Waals surface area contributed by atoms with Gasteiger partial charge in [-0.2, -0.15) is 0 Å². The van der Waals surface area contributed by atoms with Crippen LogP contribution in [0, 0.1) is 11.8 Å². The lowest BCUT2D eigenvalue weighted by Crippen LogP contribution is -2.44. The van der Waals surface area contributed by atoms with Crippen LogP contribution in [0.5, 0.6) is 0 Å². The fraction of sp³-hybridized carbons (Fsp3) is 0.333. The summed E-state index contributed by atoms with van der Waals surface area (Å²) < 4.78 is 10.5. The standard InChI is InChI=1S/C21H24N2O4/c1-21(2,3)27-20(25)23-18(13-7-11-17-12-8-14-22-17)19(24)26-15-16-9-5-4-6-10-16/h4-6,8-10,12,14,18,22H,13,15H2,1-3H3,(H,23,25). The van der Waals surface area contributed by atoms with Crippen LogP contribution >= 0.6 is 0 Å². The number of carbonyl (C=O) groups is 2. The van der Waals surface area contributed by atoms with Gasteiger partial charge in [-0.25, -0.2) is 9.59 Å². The molecule has 6 heteroatoms. The van der Waals surface area contributed by atoms with Crippen molar-refractivity contribution in [2.75, 3.05) is 0 Å². The highest BCUT2D eigenvalue weighted by Crippen LogP contribution is 2.08. The van der Waals surface area contributed by atoms with Crippen molar-refractivity contribution in [3.8, 4) is 11.8 Å². The Labute approximate surface area is 159 Å². The minimum absolute atomic E-state index is 0.103. The van der Waals surface area contributed by atoms with Crippen LogP contribution in [-0.4, -0.2) is 28.7 Å². The number of aromatic nitrogens is 1. The average Bonchev–Trinajstić information content (AvgIpc) is 3.11. The van der Waals surface area contributed by atoms with Crippen LogP contribution in [0.25, 0.3) is 0 Å². The Morgan fingerprint density at radius 1 is 1.15 bits per heavy atom. The van der Waals surface area contributed by atoms with Gasteiger partial charge in [0.15, 0.2) is 0 Å². The fourth-order valence-electron chi connectivity index (χ4n) is 2.13. The minimum atomic E-state index is -0.925. The molecule has 0 spiro atoms. The zero-order valence-electron chi connectivity index (χ0n) is 15.7. The van der Waals surface area contributed by atoms with Crippen LogP contribution in [0.4, 0.5) is 4.79 Å². The van der Waals surface area contributed by atoms with Crippen LogP contribution in [0.1, 0.15) is 38.4 Å². The molecule has 0 bridgehead atoms. The van der Waals surface area contributed by atoms with Crippen LogP contribution < -0.4 is 5.32 Å². The maximum Gasteiger partial charge on any atom is 0.408 e. The average molecular weight is 368 g/mol. The van der Waals surface area contributed by atoms with Crippen LogP contribution in [0.15, 0.2) is 48.7 Å². The monoisotopic (exact) mass is 368 g/mol. The Morgan fingerprint density at radius 3 is 2.52 bits per heavy atom. The second-order valence-corrected chi connectivity index (χ2v) is 6.88. The molecule has 0 fully saturated rings. The molecule has 142 valence electrons. The number of benzene rings is 1. The first-order valence-corrected chi connectivity index (χ1v) is 8.66. The first kappa shape index (κ1) is 20.1. The van der Waals surface area contributed by atoms with Gasteiger partial charge in [0.1, 0.15) is 18.2 Å². The van der Waals surface area contributed by atoms with Crippen LogP contribution in [0.3, 0.4) is 0 Å². The van der Waals surface area contributed by atoms with E-state index in [0.29, 0.717) is 0 Å². The van der Waals surface area contributed by atoms with Crippen molar-refractivity contribution in [2.24, 2.45) is 0 Å². The molecule has 1 atom stereocenters. The van der Waals surface area contributed by atoms with E-state index >= 15 is 0 Å². The third-order valence-corrected chi connectivity index (χ3v) is 3.33. The molecule has 2 N–H and O–H groups in total. The molecule has 0 saturated carbocycles. The van der Waals surface area contributed by atoms with Crippen LogP contribution in [-0.2, 0) is 20.9 Å². The summed E-state index contributed by atoms with van der Waals surface area (Å²) in [5.74, 6) is 5.22. The van der Waals surface area contributed by atoms with Gasteiger partial charge >= 0.3 is 12.1 Å². The van der Waals surface area contributed by atoms with Gasteiger partial charge in [-0.3, -0.25) is 0 Å². The molecular formula is C21H24N2O4. The summed E-state index contributed by atoms with van der Waals surface area (Å²) in [6.07, 6.45) is 1.17. The molecule has 0 aliphatic carbocycles. The molecule has 0 radical (unpaired) electrons. The van der Waals surface area contributed by atoms with E-state index in [2.05, 4.69) is 22.1 Å². The number of alkyl carbamates (subject to hydrolysis) is 1. The number of H-pyrrole nitrogens is 1. The fourth-order valence-corrected chi connectivity index (χ4v) is 2.13. The highest BCUT2D eigenvalue weighted by molar-refractivity contribution is 5.81. The van der Waals surface area contributed by atoms with E-state index in [9.17, 15) is 9.59 Å². The summed E-state index contributed by atoms with van der Waals surface area (Å²) >= 11 is 0. The summed E-state index contributed by atoms with van der Waals surface area (Å²) in [7, 11) is 0. The molecule has 1 heterocycles.